The minimum atomic E-state index is -4.58. The number of ether oxygens (including phenoxy) is 1. The zero-order valence-electron chi connectivity index (χ0n) is 20.4. The first-order chi connectivity index (χ1) is 18.8. The van der Waals surface area contributed by atoms with E-state index in [2.05, 4.69) is 15.0 Å². The summed E-state index contributed by atoms with van der Waals surface area (Å²) in [5.74, 6) is -5.18. The SMILES string of the molecule is Nc1ncnc2c1ncn2[C@@H]1O[C@H](CNS(=O)(=O)NC(=O)CCC2(O)c3ccccc3C(O)C2(F)F)[C@@H](O)[C@H]1O. The van der Waals surface area contributed by atoms with Crippen LogP contribution >= 0.6 is 0 Å². The quantitative estimate of drug-likeness (QED) is 0.157. The number of aliphatic hydroxyl groups is 4. The second-order valence-corrected chi connectivity index (χ2v) is 11.0. The summed E-state index contributed by atoms with van der Waals surface area (Å²) in [7, 11) is -4.58. The van der Waals surface area contributed by atoms with Crippen LogP contribution in [0.15, 0.2) is 36.9 Å². The molecule has 2 unspecified atom stereocenters. The molecule has 0 bridgehead atoms. The summed E-state index contributed by atoms with van der Waals surface area (Å²) in [5.41, 5.74) is 2.80. The molecule has 1 fully saturated rings. The third kappa shape index (κ3) is 4.56. The van der Waals surface area contributed by atoms with Crippen LogP contribution in [0, 0.1) is 0 Å². The van der Waals surface area contributed by atoms with Gasteiger partial charge in [-0.05, 0) is 17.5 Å². The average molecular weight is 586 g/mol. The Morgan fingerprint density at radius 2 is 1.88 bits per heavy atom. The number of benzene rings is 1. The second kappa shape index (κ2) is 9.91. The maximum Gasteiger partial charge on any atom is 0.309 e. The Morgan fingerprint density at radius 1 is 1.15 bits per heavy atom. The van der Waals surface area contributed by atoms with Crippen LogP contribution in [0.1, 0.15) is 36.3 Å². The van der Waals surface area contributed by atoms with Crippen molar-refractivity contribution in [3.63, 3.8) is 0 Å². The number of hydrogen-bond donors (Lipinski definition) is 7. The zero-order valence-corrected chi connectivity index (χ0v) is 21.2. The molecule has 1 aromatic carbocycles. The molecule has 6 atom stereocenters. The van der Waals surface area contributed by atoms with E-state index in [1.165, 1.54) is 35.2 Å². The highest BCUT2D eigenvalue weighted by Crippen LogP contribution is 2.56. The molecule has 0 saturated carbocycles. The minimum absolute atomic E-state index is 0.0704. The molecule has 2 aliphatic rings. The standard InChI is InChI=1S/C22H25F2N7O8S/c23-22(24)17(35)10-3-1-2-4-11(10)21(22,36)6-5-13(32)30-40(37,38)29-7-12-15(33)16(34)20(39-12)31-9-28-14-18(25)26-8-27-19(14)31/h1-4,8-9,12,15-17,20,29,33-36H,5-7H2,(H,30,32)(H2,25,26,27)/t12-,15-,16-,17?,20-,21?/m1/s1. The van der Waals surface area contributed by atoms with E-state index in [1.54, 1.807) is 4.72 Å². The summed E-state index contributed by atoms with van der Waals surface area (Å²) in [6.45, 7) is -0.595. The predicted octanol–water partition coefficient (Wildman–Crippen LogP) is -1.67. The molecular formula is C22H25F2N7O8S. The molecule has 2 aromatic heterocycles. The third-order valence-corrected chi connectivity index (χ3v) is 8.07. The normalized spacial score (nSPS) is 29.5. The van der Waals surface area contributed by atoms with Gasteiger partial charge in [-0.2, -0.15) is 21.9 Å². The molecule has 1 aliphatic carbocycles. The first-order valence-corrected chi connectivity index (χ1v) is 13.4. The molecular weight excluding hydrogens is 560 g/mol. The molecule has 18 heteroatoms. The lowest BCUT2D eigenvalue weighted by Crippen LogP contribution is -2.47. The Bertz CT molecular complexity index is 1560. The Morgan fingerprint density at radius 3 is 2.62 bits per heavy atom. The average Bonchev–Trinajstić information content (AvgIpc) is 3.50. The summed E-state index contributed by atoms with van der Waals surface area (Å²) in [5, 5.41) is 41.6. The highest BCUT2D eigenvalue weighted by molar-refractivity contribution is 7.88. The van der Waals surface area contributed by atoms with Crippen molar-refractivity contribution in [2.75, 3.05) is 12.3 Å². The summed E-state index contributed by atoms with van der Waals surface area (Å²) in [6.07, 6.45) is -7.20. The van der Waals surface area contributed by atoms with Gasteiger partial charge < -0.3 is 30.9 Å². The monoisotopic (exact) mass is 585 g/mol. The van der Waals surface area contributed by atoms with Crippen molar-refractivity contribution < 1.29 is 47.2 Å². The fourth-order valence-corrected chi connectivity index (χ4v) is 5.78. The number of imidazole rings is 1. The maximum absolute atomic E-state index is 14.7. The van der Waals surface area contributed by atoms with E-state index in [4.69, 9.17) is 10.5 Å². The number of carbonyl (C=O) groups is 1. The number of hydrogen-bond acceptors (Lipinski definition) is 12. The number of rotatable bonds is 8. The Hall–Kier alpha value is -3.39. The van der Waals surface area contributed by atoms with Crippen LogP contribution in [0.25, 0.3) is 11.2 Å². The number of carbonyl (C=O) groups excluding carboxylic acids is 1. The van der Waals surface area contributed by atoms with Crippen molar-refractivity contribution in [3.8, 4) is 0 Å². The van der Waals surface area contributed by atoms with Gasteiger partial charge in [-0.3, -0.25) is 9.36 Å². The van der Waals surface area contributed by atoms with E-state index >= 15 is 0 Å². The van der Waals surface area contributed by atoms with Crippen molar-refractivity contribution in [1.29, 1.82) is 0 Å². The topological polar surface area (TPSA) is 235 Å². The van der Waals surface area contributed by atoms with Crippen LogP contribution in [0.4, 0.5) is 14.6 Å². The van der Waals surface area contributed by atoms with E-state index in [0.717, 1.165) is 6.33 Å². The van der Waals surface area contributed by atoms with Crippen LogP contribution < -0.4 is 15.2 Å². The summed E-state index contributed by atoms with van der Waals surface area (Å²) < 4.78 is 64.8. The Labute approximate surface area is 224 Å². The fourth-order valence-electron chi connectivity index (χ4n) is 4.92. The van der Waals surface area contributed by atoms with Gasteiger partial charge >= 0.3 is 16.1 Å². The largest absolute Gasteiger partial charge is 0.387 e. The summed E-state index contributed by atoms with van der Waals surface area (Å²) in [6, 6.07) is 5.20. The van der Waals surface area contributed by atoms with E-state index in [-0.39, 0.29) is 28.1 Å². The van der Waals surface area contributed by atoms with Crippen LogP contribution in [0.2, 0.25) is 0 Å². The van der Waals surface area contributed by atoms with Crippen molar-refractivity contribution >= 4 is 33.1 Å². The van der Waals surface area contributed by atoms with Crippen molar-refractivity contribution in [3.05, 3.63) is 48.0 Å². The number of aromatic nitrogens is 4. The molecule has 3 aromatic rings. The van der Waals surface area contributed by atoms with Crippen LogP contribution in [-0.2, 0) is 25.3 Å². The highest BCUT2D eigenvalue weighted by Gasteiger charge is 2.64. The molecule has 216 valence electrons. The summed E-state index contributed by atoms with van der Waals surface area (Å²) >= 11 is 0. The molecule has 15 nitrogen and oxygen atoms in total. The number of halogens is 2. The number of nitrogens with two attached hydrogens (primary N) is 1. The molecule has 5 rings (SSSR count). The predicted molar refractivity (Wildman–Crippen MR) is 130 cm³/mol. The second-order valence-electron chi connectivity index (χ2n) is 9.48. The zero-order chi connectivity index (χ0) is 29.0. The Balaban J connectivity index is 1.20. The van der Waals surface area contributed by atoms with Crippen LogP contribution in [0.5, 0.6) is 0 Å². The fraction of sp³-hybridized carbons (Fsp3) is 0.455. The number of alkyl halides is 2. The van der Waals surface area contributed by atoms with Gasteiger partial charge in [0.15, 0.2) is 23.3 Å². The van der Waals surface area contributed by atoms with E-state index in [0.29, 0.717) is 0 Å². The smallest absolute Gasteiger partial charge is 0.309 e. The Kier molecular flexibility index (Phi) is 6.97. The van der Waals surface area contributed by atoms with Crippen molar-refractivity contribution in [2.24, 2.45) is 0 Å². The molecule has 1 aliphatic heterocycles. The molecule has 1 amide bonds. The van der Waals surface area contributed by atoms with Gasteiger partial charge in [-0.1, -0.05) is 24.3 Å². The molecule has 40 heavy (non-hydrogen) atoms. The van der Waals surface area contributed by atoms with Gasteiger partial charge in [0.1, 0.15) is 36.3 Å². The molecule has 3 heterocycles. The molecule has 0 spiro atoms. The van der Waals surface area contributed by atoms with Crippen LogP contribution in [-0.4, -0.2) is 85.0 Å². The lowest BCUT2D eigenvalue weighted by Gasteiger charge is -2.31. The summed E-state index contributed by atoms with van der Waals surface area (Å²) in [4.78, 5) is 24.2. The third-order valence-electron chi connectivity index (χ3n) is 7.03. The lowest BCUT2D eigenvalue weighted by molar-refractivity contribution is -0.226. The molecule has 8 N–H and O–H groups in total. The lowest BCUT2D eigenvalue weighted by atomic mass is 9.88. The van der Waals surface area contributed by atoms with Crippen molar-refractivity contribution in [1.82, 2.24) is 29.0 Å². The number of amides is 1. The number of aliphatic hydroxyl groups excluding tert-OH is 3. The number of anilines is 1. The first kappa shape index (κ1) is 28.1. The van der Waals surface area contributed by atoms with E-state index in [1.807, 2.05) is 4.72 Å². The van der Waals surface area contributed by atoms with Gasteiger partial charge in [0, 0.05) is 13.0 Å². The van der Waals surface area contributed by atoms with E-state index < -0.39 is 77.7 Å². The number of nitrogen functional groups attached to an aromatic ring is 1. The van der Waals surface area contributed by atoms with Crippen molar-refractivity contribution in [2.45, 2.75) is 55.0 Å². The van der Waals surface area contributed by atoms with Gasteiger partial charge in [-0.15, -0.1) is 0 Å². The van der Waals surface area contributed by atoms with Gasteiger partial charge in [-0.25, -0.2) is 19.7 Å². The molecule has 1 saturated heterocycles. The molecule has 0 radical (unpaired) electrons. The van der Waals surface area contributed by atoms with Gasteiger partial charge in [0.05, 0.1) is 6.33 Å². The number of fused-ring (bicyclic) bond motifs is 2. The van der Waals surface area contributed by atoms with E-state index in [9.17, 15) is 42.4 Å². The van der Waals surface area contributed by atoms with Gasteiger partial charge in [0.2, 0.25) is 5.91 Å². The maximum atomic E-state index is 14.7. The minimum Gasteiger partial charge on any atom is -0.387 e. The number of nitrogens with zero attached hydrogens (tertiary/aromatic N) is 4. The first-order valence-electron chi connectivity index (χ1n) is 11.9. The van der Waals surface area contributed by atoms with Gasteiger partial charge in [0.25, 0.3) is 0 Å². The highest BCUT2D eigenvalue weighted by atomic mass is 32.2. The van der Waals surface area contributed by atoms with Crippen LogP contribution in [0.3, 0.4) is 0 Å². The number of nitrogens with one attached hydrogen (secondary N) is 2.